The summed E-state index contributed by atoms with van der Waals surface area (Å²) in [5.74, 6) is -1.24. The van der Waals surface area contributed by atoms with E-state index in [4.69, 9.17) is 4.42 Å². The van der Waals surface area contributed by atoms with Crippen molar-refractivity contribution in [1.82, 2.24) is 4.57 Å². The highest BCUT2D eigenvalue weighted by Crippen LogP contribution is 2.18. The molecule has 0 atom stereocenters. The monoisotopic (exact) mass is 286 g/mol. The standard InChI is InChI=1S/C15H11FN2O3/c1-18-12-7-6-11(8-13(12)21-15(18)20)17-14(19)9-2-4-10(16)5-3-9/h2-8H,1H3,(H,17,19). The summed E-state index contributed by atoms with van der Waals surface area (Å²) < 4.78 is 19.2. The molecule has 2 aromatic carbocycles. The molecule has 0 aliphatic heterocycles. The number of aryl methyl sites for hydroxylation is 1. The summed E-state index contributed by atoms with van der Waals surface area (Å²) >= 11 is 0. The van der Waals surface area contributed by atoms with E-state index in [2.05, 4.69) is 5.32 Å². The van der Waals surface area contributed by atoms with Gasteiger partial charge in [-0.1, -0.05) is 0 Å². The van der Waals surface area contributed by atoms with E-state index in [1.165, 1.54) is 28.8 Å². The molecule has 0 aliphatic rings. The molecule has 0 aliphatic carbocycles. The van der Waals surface area contributed by atoms with Gasteiger partial charge in [-0.2, -0.15) is 0 Å². The van der Waals surface area contributed by atoms with Gasteiger partial charge in [0.25, 0.3) is 5.91 Å². The lowest BCUT2D eigenvalue weighted by Gasteiger charge is -2.05. The minimum absolute atomic E-state index is 0.339. The van der Waals surface area contributed by atoms with Crippen molar-refractivity contribution in [1.29, 1.82) is 0 Å². The highest BCUT2D eigenvalue weighted by atomic mass is 19.1. The Morgan fingerprint density at radius 3 is 2.62 bits per heavy atom. The van der Waals surface area contributed by atoms with Gasteiger partial charge in [-0.25, -0.2) is 9.18 Å². The Bertz CT molecular complexity index is 878. The fourth-order valence-electron chi connectivity index (χ4n) is 2.02. The highest BCUT2D eigenvalue weighted by molar-refractivity contribution is 6.04. The predicted octanol–water partition coefficient (Wildman–Crippen LogP) is 2.52. The lowest BCUT2D eigenvalue weighted by atomic mass is 10.2. The van der Waals surface area contributed by atoms with E-state index >= 15 is 0 Å². The topological polar surface area (TPSA) is 64.2 Å². The normalized spacial score (nSPS) is 10.8. The number of hydrogen-bond donors (Lipinski definition) is 1. The van der Waals surface area contributed by atoms with E-state index in [0.29, 0.717) is 22.4 Å². The minimum atomic E-state index is -0.466. The number of hydrogen-bond acceptors (Lipinski definition) is 3. The quantitative estimate of drug-likeness (QED) is 0.787. The van der Waals surface area contributed by atoms with Crippen LogP contribution in [0.25, 0.3) is 11.1 Å². The van der Waals surface area contributed by atoms with Gasteiger partial charge in [-0.3, -0.25) is 9.36 Å². The summed E-state index contributed by atoms with van der Waals surface area (Å²) in [5.41, 5.74) is 1.86. The van der Waals surface area contributed by atoms with Crippen molar-refractivity contribution in [2.24, 2.45) is 7.05 Å². The number of nitrogens with zero attached hydrogens (tertiary/aromatic N) is 1. The van der Waals surface area contributed by atoms with Crippen LogP contribution in [-0.2, 0) is 7.05 Å². The molecule has 1 N–H and O–H groups in total. The lowest BCUT2D eigenvalue weighted by molar-refractivity contribution is 0.102. The van der Waals surface area contributed by atoms with E-state index in [1.54, 1.807) is 25.2 Å². The lowest BCUT2D eigenvalue weighted by Crippen LogP contribution is -2.11. The van der Waals surface area contributed by atoms with Crippen LogP contribution in [0.3, 0.4) is 0 Å². The van der Waals surface area contributed by atoms with Crippen molar-refractivity contribution in [2.75, 3.05) is 5.32 Å². The molecule has 0 bridgehead atoms. The highest BCUT2D eigenvalue weighted by Gasteiger charge is 2.09. The van der Waals surface area contributed by atoms with Gasteiger partial charge in [0.05, 0.1) is 5.52 Å². The number of aromatic nitrogens is 1. The second-order valence-corrected chi connectivity index (χ2v) is 4.57. The second-order valence-electron chi connectivity index (χ2n) is 4.57. The molecule has 6 heteroatoms. The number of benzene rings is 2. The first-order valence-electron chi connectivity index (χ1n) is 6.21. The van der Waals surface area contributed by atoms with Gasteiger partial charge in [-0.05, 0) is 36.4 Å². The van der Waals surface area contributed by atoms with Crippen molar-refractivity contribution >= 4 is 22.7 Å². The Kier molecular flexibility index (Phi) is 3.06. The van der Waals surface area contributed by atoms with E-state index in [9.17, 15) is 14.0 Å². The Balaban J connectivity index is 1.89. The molecule has 0 fully saturated rings. The number of fused-ring (bicyclic) bond motifs is 1. The van der Waals surface area contributed by atoms with Crippen molar-refractivity contribution < 1.29 is 13.6 Å². The maximum atomic E-state index is 12.8. The van der Waals surface area contributed by atoms with Crippen LogP contribution in [0.4, 0.5) is 10.1 Å². The number of oxazole rings is 1. The van der Waals surface area contributed by atoms with Crippen LogP contribution < -0.4 is 11.1 Å². The van der Waals surface area contributed by atoms with Crippen molar-refractivity contribution in [3.05, 3.63) is 64.4 Å². The smallest absolute Gasteiger partial charge is 0.408 e. The average Bonchev–Trinajstić information content (AvgIpc) is 2.74. The van der Waals surface area contributed by atoms with Crippen molar-refractivity contribution in [3.63, 3.8) is 0 Å². The van der Waals surface area contributed by atoms with Gasteiger partial charge >= 0.3 is 5.76 Å². The van der Waals surface area contributed by atoms with E-state index < -0.39 is 11.6 Å². The summed E-state index contributed by atoms with van der Waals surface area (Å²) in [6.45, 7) is 0. The average molecular weight is 286 g/mol. The molecule has 3 aromatic rings. The van der Waals surface area contributed by atoms with Gasteiger partial charge in [0.15, 0.2) is 5.58 Å². The number of carbonyl (C=O) groups excluding carboxylic acids is 1. The Labute approximate surface area is 118 Å². The largest absolute Gasteiger partial charge is 0.419 e. The van der Waals surface area contributed by atoms with Crippen LogP contribution >= 0.6 is 0 Å². The zero-order chi connectivity index (χ0) is 15.0. The molecule has 106 valence electrons. The predicted molar refractivity (Wildman–Crippen MR) is 75.8 cm³/mol. The second kappa shape index (κ2) is 4.90. The van der Waals surface area contributed by atoms with Crippen molar-refractivity contribution in [3.8, 4) is 0 Å². The number of rotatable bonds is 2. The van der Waals surface area contributed by atoms with Gasteiger partial charge in [0, 0.05) is 24.4 Å². The third-order valence-corrected chi connectivity index (χ3v) is 3.16. The van der Waals surface area contributed by atoms with E-state index in [0.717, 1.165) is 0 Å². The van der Waals surface area contributed by atoms with Gasteiger partial charge in [0.2, 0.25) is 0 Å². The summed E-state index contributed by atoms with van der Waals surface area (Å²) in [6, 6.07) is 10.1. The maximum Gasteiger partial charge on any atom is 0.419 e. The molecule has 1 heterocycles. The van der Waals surface area contributed by atoms with E-state index in [1.807, 2.05) is 0 Å². The van der Waals surface area contributed by atoms with Gasteiger partial charge in [0.1, 0.15) is 5.82 Å². The first kappa shape index (κ1) is 13.1. The van der Waals surface area contributed by atoms with Crippen LogP contribution in [0.5, 0.6) is 0 Å². The fourth-order valence-corrected chi connectivity index (χ4v) is 2.02. The van der Waals surface area contributed by atoms with Crippen LogP contribution in [-0.4, -0.2) is 10.5 Å². The molecule has 5 nitrogen and oxygen atoms in total. The molecular formula is C15H11FN2O3. The van der Waals surface area contributed by atoms with Crippen LogP contribution in [0.15, 0.2) is 51.7 Å². The number of carbonyl (C=O) groups is 1. The number of halogens is 1. The number of nitrogens with one attached hydrogen (secondary N) is 1. The summed E-state index contributed by atoms with van der Waals surface area (Å²) in [7, 11) is 1.60. The molecular weight excluding hydrogens is 275 g/mol. The molecule has 0 saturated carbocycles. The molecule has 0 spiro atoms. The molecule has 1 aromatic heterocycles. The van der Waals surface area contributed by atoms with Gasteiger partial charge < -0.3 is 9.73 Å². The number of amides is 1. The Hall–Kier alpha value is -2.89. The summed E-state index contributed by atoms with van der Waals surface area (Å²) in [6.07, 6.45) is 0. The molecule has 0 radical (unpaired) electrons. The third kappa shape index (κ3) is 2.43. The zero-order valence-corrected chi connectivity index (χ0v) is 11.1. The van der Waals surface area contributed by atoms with Crippen LogP contribution in [0, 0.1) is 5.82 Å². The molecule has 3 rings (SSSR count). The van der Waals surface area contributed by atoms with Crippen molar-refractivity contribution in [2.45, 2.75) is 0 Å². The first-order valence-corrected chi connectivity index (χ1v) is 6.21. The Morgan fingerprint density at radius 2 is 1.90 bits per heavy atom. The van der Waals surface area contributed by atoms with Crippen LogP contribution in [0.2, 0.25) is 0 Å². The summed E-state index contributed by atoms with van der Waals surface area (Å²) in [5, 5.41) is 2.67. The SMILES string of the molecule is Cn1c(=O)oc2cc(NC(=O)c3ccc(F)cc3)ccc21. The third-order valence-electron chi connectivity index (χ3n) is 3.16. The first-order chi connectivity index (χ1) is 10.0. The van der Waals surface area contributed by atoms with Gasteiger partial charge in [-0.15, -0.1) is 0 Å². The maximum absolute atomic E-state index is 12.8. The summed E-state index contributed by atoms with van der Waals surface area (Å²) in [4.78, 5) is 23.4. The zero-order valence-electron chi connectivity index (χ0n) is 11.1. The molecule has 21 heavy (non-hydrogen) atoms. The Morgan fingerprint density at radius 1 is 1.19 bits per heavy atom. The molecule has 0 saturated heterocycles. The minimum Gasteiger partial charge on any atom is -0.408 e. The molecule has 1 amide bonds. The van der Waals surface area contributed by atoms with Crippen LogP contribution in [0.1, 0.15) is 10.4 Å². The fraction of sp³-hybridized carbons (Fsp3) is 0.0667. The van der Waals surface area contributed by atoms with E-state index in [-0.39, 0.29) is 5.91 Å². The molecule has 0 unspecified atom stereocenters. The number of anilines is 1.